The van der Waals surface area contributed by atoms with Crippen molar-refractivity contribution in [1.82, 2.24) is 4.72 Å². The van der Waals surface area contributed by atoms with E-state index in [1.54, 1.807) is 20.8 Å². The zero-order valence-corrected chi connectivity index (χ0v) is 9.91. The number of carbonyl (C=O) groups is 1. The first-order chi connectivity index (χ1) is 6.82. The number of ether oxygens (including phenoxy) is 1. The molecule has 15 heavy (non-hydrogen) atoms. The Labute approximate surface area is 92.0 Å². The molecule has 4 atom stereocenters. The molecule has 0 aromatic carbocycles. The second-order valence-electron chi connectivity index (χ2n) is 3.53. The van der Waals surface area contributed by atoms with Crippen LogP contribution in [0.15, 0.2) is 0 Å². The number of nitrogens with two attached hydrogens (primary N) is 1. The fraction of sp³-hybridized carbons (Fsp3) is 0.875. The van der Waals surface area contributed by atoms with Crippen molar-refractivity contribution >= 4 is 17.2 Å². The van der Waals surface area contributed by atoms with E-state index in [1.165, 1.54) is 0 Å². The Bertz CT molecular complexity index is 235. The third kappa shape index (κ3) is 7.43. The zero-order valence-electron chi connectivity index (χ0n) is 9.10. The average molecular weight is 238 g/mol. The van der Waals surface area contributed by atoms with Gasteiger partial charge in [0, 0.05) is 12.1 Å². The molecule has 90 valence electrons. The first-order valence-electron chi connectivity index (χ1n) is 4.65. The largest absolute Gasteiger partial charge is 0.461 e. The maximum atomic E-state index is 11.3. The molecule has 0 radical (unpaired) electrons. The monoisotopic (exact) mass is 238 g/mol. The van der Waals surface area contributed by atoms with Crippen molar-refractivity contribution in [2.24, 2.45) is 5.73 Å². The smallest absolute Gasteiger partial charge is 0.307 e. The second kappa shape index (κ2) is 6.89. The number of carbonyl (C=O) groups excluding carboxylic acids is 1. The van der Waals surface area contributed by atoms with Gasteiger partial charge in [0.1, 0.15) is 6.10 Å². The fourth-order valence-corrected chi connectivity index (χ4v) is 1.25. The van der Waals surface area contributed by atoms with Crippen molar-refractivity contribution in [3.63, 3.8) is 0 Å². The summed E-state index contributed by atoms with van der Waals surface area (Å²) in [7, 11) is 0. The van der Waals surface area contributed by atoms with Gasteiger partial charge in [0.2, 0.25) is 11.3 Å². The third-order valence-electron chi connectivity index (χ3n) is 1.83. The van der Waals surface area contributed by atoms with Crippen molar-refractivity contribution in [3.05, 3.63) is 0 Å². The summed E-state index contributed by atoms with van der Waals surface area (Å²) in [6, 6.07) is -0.646. The van der Waals surface area contributed by atoms with E-state index >= 15 is 0 Å². The van der Waals surface area contributed by atoms with Gasteiger partial charge in [0.15, 0.2) is 0 Å². The minimum absolute atomic E-state index is 0.0311. The molecule has 0 bridgehead atoms. The quantitative estimate of drug-likeness (QED) is 0.438. The van der Waals surface area contributed by atoms with Crippen LogP contribution >= 0.6 is 0 Å². The lowest BCUT2D eigenvalue weighted by molar-refractivity contribution is -0.149. The van der Waals surface area contributed by atoms with E-state index in [9.17, 15) is 9.00 Å². The first-order valence-corrected chi connectivity index (χ1v) is 5.75. The van der Waals surface area contributed by atoms with Crippen molar-refractivity contribution < 1.29 is 18.3 Å². The van der Waals surface area contributed by atoms with Gasteiger partial charge >= 0.3 is 5.97 Å². The average Bonchev–Trinajstić information content (AvgIpc) is 2.00. The molecule has 0 aliphatic carbocycles. The summed E-state index contributed by atoms with van der Waals surface area (Å²) >= 11 is -2.12. The van der Waals surface area contributed by atoms with Crippen LogP contribution in [0.1, 0.15) is 27.2 Å². The molecule has 7 heteroatoms. The molecule has 4 unspecified atom stereocenters. The molecule has 0 aromatic heterocycles. The molecule has 0 spiro atoms. The van der Waals surface area contributed by atoms with E-state index in [0.29, 0.717) is 0 Å². The Morgan fingerprint density at radius 3 is 2.47 bits per heavy atom. The predicted octanol–water partition coefficient (Wildman–Crippen LogP) is -0.230. The van der Waals surface area contributed by atoms with Gasteiger partial charge in [-0.2, -0.15) is 0 Å². The van der Waals surface area contributed by atoms with Crippen LogP contribution in [-0.2, 0) is 20.8 Å². The summed E-state index contributed by atoms with van der Waals surface area (Å²) in [5.74, 6) is -0.440. The van der Waals surface area contributed by atoms with Crippen LogP contribution < -0.4 is 10.5 Å². The summed E-state index contributed by atoms with van der Waals surface area (Å²) in [4.78, 5) is 11.3. The molecule has 6 nitrogen and oxygen atoms in total. The van der Waals surface area contributed by atoms with Crippen LogP contribution in [0, 0.1) is 0 Å². The topological polar surface area (TPSA) is 102 Å². The summed E-state index contributed by atoms with van der Waals surface area (Å²) < 4.78 is 26.1. The third-order valence-corrected chi connectivity index (χ3v) is 2.44. The van der Waals surface area contributed by atoms with E-state index in [2.05, 4.69) is 4.72 Å². The van der Waals surface area contributed by atoms with E-state index in [-0.39, 0.29) is 18.6 Å². The van der Waals surface area contributed by atoms with Crippen LogP contribution in [0.3, 0.4) is 0 Å². The van der Waals surface area contributed by atoms with Gasteiger partial charge in [-0.25, -0.2) is 8.93 Å². The van der Waals surface area contributed by atoms with Crippen LogP contribution in [0.25, 0.3) is 0 Å². The van der Waals surface area contributed by atoms with E-state index in [4.69, 9.17) is 15.0 Å². The van der Waals surface area contributed by atoms with Gasteiger partial charge in [-0.05, 0) is 20.8 Å². The van der Waals surface area contributed by atoms with E-state index in [1.807, 2.05) is 0 Å². The molecule has 0 amide bonds. The summed E-state index contributed by atoms with van der Waals surface area (Å²) in [5.41, 5.74) is 5.51. The van der Waals surface area contributed by atoms with E-state index < -0.39 is 23.3 Å². The second-order valence-corrected chi connectivity index (χ2v) is 4.26. The van der Waals surface area contributed by atoms with Crippen LogP contribution in [0.4, 0.5) is 0 Å². The van der Waals surface area contributed by atoms with Crippen molar-refractivity contribution in [2.75, 3.05) is 0 Å². The lowest BCUT2D eigenvalue weighted by Crippen LogP contribution is -2.36. The van der Waals surface area contributed by atoms with Crippen LogP contribution in [0.2, 0.25) is 0 Å². The van der Waals surface area contributed by atoms with Gasteiger partial charge < -0.3 is 10.5 Å². The highest BCUT2D eigenvalue weighted by Gasteiger charge is 2.16. The van der Waals surface area contributed by atoms with Gasteiger partial charge in [-0.3, -0.25) is 9.35 Å². The summed E-state index contributed by atoms with van der Waals surface area (Å²) in [5, 5.41) is 0. The molecule has 0 rings (SSSR count). The number of hydrogen-bond acceptors (Lipinski definition) is 4. The standard InChI is InChI=1S/C8H18N2O4S/c1-5(10-15(12)13)4-8(11)14-7(3)6(2)9/h5-7,10H,4,9H2,1-3H3,(H,12,13). The number of nitrogens with one attached hydrogen (secondary N) is 1. The molecular weight excluding hydrogens is 220 g/mol. The van der Waals surface area contributed by atoms with Crippen molar-refractivity contribution in [2.45, 2.75) is 45.4 Å². The minimum Gasteiger partial charge on any atom is -0.461 e. The Morgan fingerprint density at radius 2 is 2.07 bits per heavy atom. The van der Waals surface area contributed by atoms with Gasteiger partial charge in [0.05, 0.1) is 6.42 Å². The number of esters is 1. The molecule has 0 heterocycles. The summed E-state index contributed by atoms with van der Waals surface area (Å²) in [6.45, 7) is 5.05. The Hall–Kier alpha value is -0.500. The predicted molar refractivity (Wildman–Crippen MR) is 57.2 cm³/mol. The first kappa shape index (κ1) is 14.5. The molecule has 0 aliphatic rings. The van der Waals surface area contributed by atoms with Crippen LogP contribution in [-0.4, -0.2) is 32.9 Å². The maximum absolute atomic E-state index is 11.3. The normalized spacial score (nSPS) is 19.0. The Morgan fingerprint density at radius 1 is 1.53 bits per heavy atom. The fourth-order valence-electron chi connectivity index (χ4n) is 0.827. The van der Waals surface area contributed by atoms with Gasteiger partial charge in [0.25, 0.3) is 0 Å². The van der Waals surface area contributed by atoms with Crippen molar-refractivity contribution in [1.29, 1.82) is 0 Å². The maximum Gasteiger partial charge on any atom is 0.307 e. The highest BCUT2D eigenvalue weighted by molar-refractivity contribution is 7.77. The molecule has 0 aliphatic heterocycles. The number of rotatable bonds is 6. The molecule has 0 aromatic rings. The van der Waals surface area contributed by atoms with Crippen molar-refractivity contribution in [3.8, 4) is 0 Å². The minimum atomic E-state index is -2.12. The Balaban J connectivity index is 3.88. The zero-order chi connectivity index (χ0) is 12.0. The van der Waals surface area contributed by atoms with E-state index in [0.717, 1.165) is 0 Å². The van der Waals surface area contributed by atoms with Gasteiger partial charge in [-0.15, -0.1) is 0 Å². The highest BCUT2D eigenvalue weighted by Crippen LogP contribution is 2.01. The molecule has 0 saturated carbocycles. The summed E-state index contributed by atoms with van der Waals surface area (Å²) in [6.07, 6.45) is -0.326. The lowest BCUT2D eigenvalue weighted by atomic mass is 10.2. The molecule has 0 fully saturated rings. The SMILES string of the molecule is CC(CC(=O)OC(C)C(C)N)NS(=O)O. The molecule has 4 N–H and O–H groups in total. The van der Waals surface area contributed by atoms with Gasteiger partial charge in [-0.1, -0.05) is 0 Å². The number of hydrogen-bond donors (Lipinski definition) is 3. The highest BCUT2D eigenvalue weighted by atomic mass is 32.2. The molecule has 0 saturated heterocycles. The molecular formula is C8H18N2O4S. The Kier molecular flexibility index (Phi) is 6.66. The lowest BCUT2D eigenvalue weighted by Gasteiger charge is -2.17. The van der Waals surface area contributed by atoms with Crippen LogP contribution in [0.5, 0.6) is 0 Å².